The number of nitrogens with one attached hydrogen (secondary N) is 1. The molecule has 1 atom stereocenters. The summed E-state index contributed by atoms with van der Waals surface area (Å²) in [5, 5.41) is 2.98. The van der Waals surface area contributed by atoms with Crippen molar-refractivity contribution in [2.24, 2.45) is 5.92 Å². The first kappa shape index (κ1) is 16.2. The molecule has 0 heterocycles. The van der Waals surface area contributed by atoms with Gasteiger partial charge in [-0.2, -0.15) is 0 Å². The van der Waals surface area contributed by atoms with E-state index in [4.69, 9.17) is 14.2 Å². The molecule has 0 radical (unpaired) electrons. The Morgan fingerprint density at radius 2 is 1.77 bits per heavy atom. The molecular weight excluding hydrogens is 282 g/mol. The molecule has 0 unspecified atom stereocenters. The highest BCUT2D eigenvalue weighted by atomic mass is 16.5. The molecule has 120 valence electrons. The lowest BCUT2D eigenvalue weighted by Gasteiger charge is -2.18. The van der Waals surface area contributed by atoms with Crippen LogP contribution in [-0.4, -0.2) is 27.2 Å². The number of rotatable bonds is 6. The first-order valence-corrected chi connectivity index (χ1v) is 7.41. The van der Waals surface area contributed by atoms with E-state index in [0.29, 0.717) is 23.8 Å². The van der Waals surface area contributed by atoms with Gasteiger partial charge in [-0.15, -0.1) is 0 Å². The number of carbonyl (C=O) groups is 1. The molecule has 0 fully saturated rings. The summed E-state index contributed by atoms with van der Waals surface area (Å²) >= 11 is 0. The molecule has 0 aromatic heterocycles. The van der Waals surface area contributed by atoms with E-state index in [1.54, 1.807) is 27.4 Å². The Hall–Kier alpha value is -2.17. The molecule has 0 saturated carbocycles. The second-order valence-corrected chi connectivity index (χ2v) is 5.22. The van der Waals surface area contributed by atoms with Gasteiger partial charge in [0.1, 0.15) is 5.75 Å². The zero-order valence-electron chi connectivity index (χ0n) is 13.3. The number of hydrogen-bond acceptors (Lipinski definition) is 4. The number of methoxy groups -OCH3 is 3. The Kier molecular flexibility index (Phi) is 5.69. The minimum absolute atomic E-state index is 0.0659. The standard InChI is InChI=1S/C17H23NO4/c1-20-14-10-16(22-3)15(21-2)9-13(14)11-18-17(19)12-7-5-4-6-8-12/h4-5,9-10,12H,6-8,11H2,1-3H3,(H,18,19)/t12-/m1/s1. The topological polar surface area (TPSA) is 56.8 Å². The zero-order chi connectivity index (χ0) is 15.9. The van der Waals surface area contributed by atoms with Crippen molar-refractivity contribution in [3.63, 3.8) is 0 Å². The first-order chi connectivity index (χ1) is 10.7. The van der Waals surface area contributed by atoms with Gasteiger partial charge in [0.2, 0.25) is 5.91 Å². The van der Waals surface area contributed by atoms with Crippen molar-refractivity contribution in [1.29, 1.82) is 0 Å². The van der Waals surface area contributed by atoms with Crippen molar-refractivity contribution in [3.05, 3.63) is 29.8 Å². The van der Waals surface area contributed by atoms with E-state index in [-0.39, 0.29) is 11.8 Å². The Bertz CT molecular complexity index is 554. The Morgan fingerprint density at radius 1 is 1.09 bits per heavy atom. The largest absolute Gasteiger partial charge is 0.496 e. The van der Waals surface area contributed by atoms with E-state index >= 15 is 0 Å². The van der Waals surface area contributed by atoms with Gasteiger partial charge >= 0.3 is 0 Å². The molecule has 22 heavy (non-hydrogen) atoms. The van der Waals surface area contributed by atoms with Crippen molar-refractivity contribution in [3.8, 4) is 17.2 Å². The summed E-state index contributed by atoms with van der Waals surface area (Å²) in [5.41, 5.74) is 0.861. The number of carbonyl (C=O) groups excluding carboxylic acids is 1. The van der Waals surface area contributed by atoms with Gasteiger partial charge in [0.15, 0.2) is 11.5 Å². The molecule has 0 spiro atoms. The van der Waals surface area contributed by atoms with Gasteiger partial charge in [-0.1, -0.05) is 12.2 Å². The van der Waals surface area contributed by atoms with E-state index in [2.05, 4.69) is 17.5 Å². The molecule has 1 amide bonds. The number of allylic oxidation sites excluding steroid dienone is 2. The van der Waals surface area contributed by atoms with Crippen LogP contribution in [0.1, 0.15) is 24.8 Å². The van der Waals surface area contributed by atoms with E-state index in [9.17, 15) is 4.79 Å². The second kappa shape index (κ2) is 7.73. The Labute approximate surface area is 131 Å². The van der Waals surface area contributed by atoms with E-state index < -0.39 is 0 Å². The summed E-state index contributed by atoms with van der Waals surface area (Å²) < 4.78 is 15.9. The summed E-state index contributed by atoms with van der Waals surface area (Å²) in [5.74, 6) is 2.04. The third-order valence-corrected chi connectivity index (χ3v) is 3.88. The van der Waals surface area contributed by atoms with Crippen LogP contribution >= 0.6 is 0 Å². The normalized spacial score (nSPS) is 17.0. The average Bonchev–Trinajstić information content (AvgIpc) is 2.59. The van der Waals surface area contributed by atoms with Gasteiger partial charge in [-0.05, 0) is 25.3 Å². The van der Waals surface area contributed by atoms with Crippen molar-refractivity contribution in [2.75, 3.05) is 21.3 Å². The fraction of sp³-hybridized carbons (Fsp3) is 0.471. The third kappa shape index (κ3) is 3.72. The monoisotopic (exact) mass is 305 g/mol. The summed E-state index contributed by atoms with van der Waals surface area (Å²) in [7, 11) is 4.76. The lowest BCUT2D eigenvalue weighted by atomic mass is 9.93. The molecule has 0 saturated heterocycles. The van der Waals surface area contributed by atoms with Gasteiger partial charge in [0.25, 0.3) is 0 Å². The molecule has 1 aliphatic carbocycles. The Balaban J connectivity index is 2.08. The minimum Gasteiger partial charge on any atom is -0.496 e. The van der Waals surface area contributed by atoms with Crippen LogP contribution in [-0.2, 0) is 11.3 Å². The summed E-state index contributed by atoms with van der Waals surface area (Å²) in [4.78, 5) is 12.2. The fourth-order valence-corrected chi connectivity index (χ4v) is 2.59. The van der Waals surface area contributed by atoms with Gasteiger partial charge in [0.05, 0.1) is 21.3 Å². The number of hydrogen-bond donors (Lipinski definition) is 1. The fourth-order valence-electron chi connectivity index (χ4n) is 2.59. The maximum absolute atomic E-state index is 12.2. The van der Waals surface area contributed by atoms with Gasteiger partial charge in [-0.3, -0.25) is 4.79 Å². The summed E-state index contributed by atoms with van der Waals surface area (Å²) in [6.45, 7) is 0.405. The second-order valence-electron chi connectivity index (χ2n) is 5.22. The molecule has 5 heteroatoms. The minimum atomic E-state index is 0.0659. The van der Waals surface area contributed by atoms with Crippen LogP contribution in [0.15, 0.2) is 24.3 Å². The number of amides is 1. The smallest absolute Gasteiger partial charge is 0.223 e. The maximum Gasteiger partial charge on any atom is 0.223 e. The van der Waals surface area contributed by atoms with Crippen LogP contribution in [0.5, 0.6) is 17.2 Å². The molecule has 1 aromatic rings. The zero-order valence-corrected chi connectivity index (χ0v) is 13.3. The predicted octanol–water partition coefficient (Wildman–Crippen LogP) is 2.68. The van der Waals surface area contributed by atoms with Gasteiger partial charge < -0.3 is 19.5 Å². The molecule has 1 aromatic carbocycles. The van der Waals surface area contributed by atoms with Crippen LogP contribution in [0.4, 0.5) is 0 Å². The molecule has 2 rings (SSSR count). The van der Waals surface area contributed by atoms with Crippen LogP contribution in [0.2, 0.25) is 0 Å². The SMILES string of the molecule is COc1cc(OC)c(OC)cc1CNC(=O)[C@@H]1CC=CCC1. The van der Waals surface area contributed by atoms with Crippen LogP contribution in [0.25, 0.3) is 0 Å². The maximum atomic E-state index is 12.2. The van der Waals surface area contributed by atoms with Crippen molar-refractivity contribution >= 4 is 5.91 Å². The van der Waals surface area contributed by atoms with E-state index in [1.165, 1.54) is 0 Å². The summed E-state index contributed by atoms with van der Waals surface area (Å²) in [6, 6.07) is 3.60. The molecule has 0 aliphatic heterocycles. The average molecular weight is 305 g/mol. The molecule has 1 aliphatic rings. The molecule has 5 nitrogen and oxygen atoms in total. The third-order valence-electron chi connectivity index (χ3n) is 3.88. The molecule has 0 bridgehead atoms. The molecule has 1 N–H and O–H groups in total. The highest BCUT2D eigenvalue weighted by molar-refractivity contribution is 5.79. The highest BCUT2D eigenvalue weighted by Gasteiger charge is 2.19. The lowest BCUT2D eigenvalue weighted by molar-refractivity contribution is -0.125. The van der Waals surface area contributed by atoms with Gasteiger partial charge in [-0.25, -0.2) is 0 Å². The highest BCUT2D eigenvalue weighted by Crippen LogP contribution is 2.34. The quantitative estimate of drug-likeness (QED) is 0.821. The van der Waals surface area contributed by atoms with E-state index in [1.807, 2.05) is 6.07 Å². The van der Waals surface area contributed by atoms with Crippen molar-refractivity contribution in [2.45, 2.75) is 25.8 Å². The lowest BCUT2D eigenvalue weighted by Crippen LogP contribution is -2.30. The van der Waals surface area contributed by atoms with Crippen LogP contribution < -0.4 is 19.5 Å². The van der Waals surface area contributed by atoms with Crippen molar-refractivity contribution < 1.29 is 19.0 Å². The summed E-state index contributed by atoms with van der Waals surface area (Å²) in [6.07, 6.45) is 6.89. The molecular formula is C17H23NO4. The van der Waals surface area contributed by atoms with Crippen molar-refractivity contribution in [1.82, 2.24) is 5.32 Å². The number of ether oxygens (including phenoxy) is 3. The van der Waals surface area contributed by atoms with Gasteiger partial charge in [0, 0.05) is 24.1 Å². The van der Waals surface area contributed by atoms with Crippen LogP contribution in [0, 0.1) is 5.92 Å². The first-order valence-electron chi connectivity index (χ1n) is 7.41. The Morgan fingerprint density at radius 3 is 2.36 bits per heavy atom. The van der Waals surface area contributed by atoms with E-state index in [0.717, 1.165) is 24.8 Å². The van der Waals surface area contributed by atoms with Crippen LogP contribution in [0.3, 0.4) is 0 Å². The number of benzene rings is 1. The predicted molar refractivity (Wildman–Crippen MR) is 84.4 cm³/mol.